The number of nitrogens with zero attached hydrogens (tertiary/aromatic N) is 5. The quantitative estimate of drug-likeness (QED) is 0.212. The van der Waals surface area contributed by atoms with E-state index < -0.39 is 4.92 Å². The van der Waals surface area contributed by atoms with Crippen molar-refractivity contribution in [2.75, 3.05) is 14.2 Å². The zero-order valence-electron chi connectivity index (χ0n) is 19.0. The summed E-state index contributed by atoms with van der Waals surface area (Å²) in [6.45, 7) is 0. The van der Waals surface area contributed by atoms with Crippen molar-refractivity contribution in [1.82, 2.24) is 19.6 Å². The molecule has 1 unspecified atom stereocenters. The highest BCUT2D eigenvalue weighted by atomic mass is 32.2. The van der Waals surface area contributed by atoms with Gasteiger partial charge in [-0.05, 0) is 35.6 Å². The number of non-ortho nitro benzene ring substituents is 1. The lowest BCUT2D eigenvalue weighted by Crippen LogP contribution is -2.21. The maximum absolute atomic E-state index is 13.0. The van der Waals surface area contributed by atoms with Gasteiger partial charge in [0.15, 0.2) is 17.3 Å². The van der Waals surface area contributed by atoms with Gasteiger partial charge in [-0.15, -0.1) is 5.10 Å². The average molecular weight is 492 g/mol. The molecule has 0 saturated carbocycles. The van der Waals surface area contributed by atoms with Gasteiger partial charge in [-0.1, -0.05) is 30.0 Å². The van der Waals surface area contributed by atoms with Crippen LogP contribution < -0.4 is 9.47 Å². The second kappa shape index (κ2) is 9.34. The van der Waals surface area contributed by atoms with Gasteiger partial charge in [0.05, 0.1) is 30.4 Å². The summed E-state index contributed by atoms with van der Waals surface area (Å²) in [7, 11) is 3.17. The summed E-state index contributed by atoms with van der Waals surface area (Å²) in [6, 6.07) is 12.2. The number of thioether (sulfide) groups is 1. The molecule has 0 bridgehead atoms. The number of aromatic nitrogens is 4. The van der Waals surface area contributed by atoms with Crippen LogP contribution in [-0.4, -0.2) is 44.5 Å². The maximum Gasteiger partial charge on any atom is 0.269 e. The molecule has 1 aliphatic rings. The maximum atomic E-state index is 13.0. The van der Waals surface area contributed by atoms with Gasteiger partial charge in [-0.2, -0.15) is 4.98 Å². The Bertz CT molecular complexity index is 1450. The Balaban J connectivity index is 1.38. The van der Waals surface area contributed by atoms with Crippen LogP contribution >= 0.6 is 11.8 Å². The van der Waals surface area contributed by atoms with E-state index in [-0.39, 0.29) is 17.4 Å². The molecular weight excluding hydrogens is 470 g/mol. The SMILES string of the molecule is COc1ccc(C2CC(=O)c3cn4nc(SCc5cccc([N+](=O)[O-])c5)nc4nc3C2)cc1OC. The number of methoxy groups -OCH3 is 2. The largest absolute Gasteiger partial charge is 0.493 e. The third kappa shape index (κ3) is 4.54. The van der Waals surface area contributed by atoms with Crippen molar-refractivity contribution in [1.29, 1.82) is 0 Å². The molecule has 5 rings (SSSR count). The van der Waals surface area contributed by atoms with Gasteiger partial charge in [-0.3, -0.25) is 14.9 Å². The monoisotopic (exact) mass is 491 g/mol. The van der Waals surface area contributed by atoms with Crippen molar-refractivity contribution in [2.45, 2.75) is 29.7 Å². The van der Waals surface area contributed by atoms with Gasteiger partial charge in [-0.25, -0.2) is 9.50 Å². The molecule has 4 aromatic rings. The lowest BCUT2D eigenvalue weighted by atomic mass is 9.82. The van der Waals surface area contributed by atoms with Crippen LogP contribution in [0.15, 0.2) is 53.8 Å². The molecule has 0 spiro atoms. The summed E-state index contributed by atoms with van der Waals surface area (Å²) in [6.07, 6.45) is 2.64. The fraction of sp³-hybridized carbons (Fsp3) is 0.250. The number of carbonyl (C=O) groups is 1. The fourth-order valence-corrected chi connectivity index (χ4v) is 4.94. The van der Waals surface area contributed by atoms with Crippen LogP contribution in [0.5, 0.6) is 11.5 Å². The normalized spacial score (nSPS) is 15.1. The highest BCUT2D eigenvalue weighted by molar-refractivity contribution is 7.98. The predicted molar refractivity (Wildman–Crippen MR) is 128 cm³/mol. The van der Waals surface area contributed by atoms with Crippen molar-refractivity contribution >= 4 is 29.0 Å². The van der Waals surface area contributed by atoms with Crippen LogP contribution in [0, 0.1) is 10.1 Å². The first-order chi connectivity index (χ1) is 16.9. The number of hydrogen-bond donors (Lipinski definition) is 0. The third-order valence-corrected chi connectivity index (χ3v) is 6.84. The standard InChI is InChI=1S/C24H21N5O5S/c1-33-21-7-6-15(11-22(21)34-2)16-9-19-18(20(30)10-16)12-28-23(25-19)26-24(27-28)35-13-14-4-3-5-17(8-14)29(31)32/h3-8,11-12,16H,9-10,13H2,1-2H3. The Morgan fingerprint density at radius 1 is 1.11 bits per heavy atom. The molecule has 35 heavy (non-hydrogen) atoms. The predicted octanol–water partition coefficient (Wildman–Crippen LogP) is 4.25. The first-order valence-corrected chi connectivity index (χ1v) is 11.8. The van der Waals surface area contributed by atoms with Crippen LogP contribution in [0.1, 0.15) is 39.5 Å². The molecule has 0 saturated heterocycles. The number of rotatable bonds is 7. The number of Topliss-reactive ketones (excluding diaryl/α,β-unsaturated/α-hetero) is 1. The minimum absolute atomic E-state index is 0.00160. The Morgan fingerprint density at radius 3 is 2.71 bits per heavy atom. The Hall–Kier alpha value is -3.99. The Labute approximate surface area is 204 Å². The number of nitro benzene ring substituents is 1. The molecule has 0 N–H and O–H groups in total. The third-order valence-electron chi connectivity index (χ3n) is 5.93. The van der Waals surface area contributed by atoms with Gasteiger partial charge in [0.25, 0.3) is 11.5 Å². The van der Waals surface area contributed by atoms with Crippen molar-refractivity contribution in [3.05, 3.63) is 81.2 Å². The highest BCUT2D eigenvalue weighted by Crippen LogP contribution is 2.36. The van der Waals surface area contributed by atoms with E-state index in [4.69, 9.17) is 9.47 Å². The van der Waals surface area contributed by atoms with E-state index in [0.29, 0.717) is 52.3 Å². The Kier molecular flexibility index (Phi) is 6.08. The summed E-state index contributed by atoms with van der Waals surface area (Å²) >= 11 is 1.35. The van der Waals surface area contributed by atoms with Crippen LogP contribution in [0.2, 0.25) is 0 Å². The van der Waals surface area contributed by atoms with Gasteiger partial charge in [0.2, 0.25) is 5.16 Å². The molecule has 178 valence electrons. The highest BCUT2D eigenvalue weighted by Gasteiger charge is 2.29. The Morgan fingerprint density at radius 2 is 1.94 bits per heavy atom. The lowest BCUT2D eigenvalue weighted by Gasteiger charge is -2.23. The molecule has 11 heteroatoms. The lowest BCUT2D eigenvalue weighted by molar-refractivity contribution is -0.384. The molecule has 0 aliphatic heterocycles. The molecule has 2 aromatic heterocycles. The van der Waals surface area contributed by atoms with Crippen LogP contribution in [-0.2, 0) is 12.2 Å². The molecule has 0 amide bonds. The zero-order valence-corrected chi connectivity index (χ0v) is 19.8. The number of benzene rings is 2. The minimum atomic E-state index is -0.419. The smallest absolute Gasteiger partial charge is 0.269 e. The number of fused-ring (bicyclic) bond motifs is 2. The van der Waals surface area contributed by atoms with Gasteiger partial charge >= 0.3 is 0 Å². The van der Waals surface area contributed by atoms with Crippen LogP contribution in [0.25, 0.3) is 5.78 Å². The summed E-state index contributed by atoms with van der Waals surface area (Å²) in [4.78, 5) is 32.7. The average Bonchev–Trinajstić information content (AvgIpc) is 3.27. The number of hydrogen-bond acceptors (Lipinski definition) is 9. The van der Waals surface area contributed by atoms with E-state index in [1.165, 1.54) is 28.4 Å². The molecule has 2 aromatic carbocycles. The van der Waals surface area contributed by atoms with E-state index in [2.05, 4.69) is 15.1 Å². The summed E-state index contributed by atoms with van der Waals surface area (Å²) < 4.78 is 12.2. The second-order valence-corrected chi connectivity index (χ2v) is 9.04. The zero-order chi connectivity index (χ0) is 24.5. The van der Waals surface area contributed by atoms with Crippen molar-refractivity contribution in [3.63, 3.8) is 0 Å². The van der Waals surface area contributed by atoms with Crippen LogP contribution in [0.4, 0.5) is 5.69 Å². The summed E-state index contributed by atoms with van der Waals surface area (Å²) in [5.74, 6) is 2.11. The van der Waals surface area contributed by atoms with Crippen LogP contribution in [0.3, 0.4) is 0 Å². The topological polar surface area (TPSA) is 122 Å². The van der Waals surface area contributed by atoms with Gasteiger partial charge < -0.3 is 9.47 Å². The van der Waals surface area contributed by atoms with Gasteiger partial charge in [0.1, 0.15) is 0 Å². The first kappa shape index (κ1) is 22.8. The first-order valence-electron chi connectivity index (χ1n) is 10.8. The van der Waals surface area contributed by atoms with Crippen molar-refractivity contribution < 1.29 is 19.2 Å². The van der Waals surface area contributed by atoms with E-state index >= 15 is 0 Å². The fourth-order valence-electron chi connectivity index (χ4n) is 4.18. The minimum Gasteiger partial charge on any atom is -0.493 e. The second-order valence-electron chi connectivity index (χ2n) is 8.10. The number of ketones is 1. The molecule has 1 aliphatic carbocycles. The molecule has 0 fully saturated rings. The summed E-state index contributed by atoms with van der Waals surface area (Å²) in [5, 5.41) is 15.9. The molecule has 10 nitrogen and oxygen atoms in total. The number of ether oxygens (including phenoxy) is 2. The van der Waals surface area contributed by atoms with Crippen molar-refractivity contribution in [2.24, 2.45) is 0 Å². The molecular formula is C24H21N5O5S. The van der Waals surface area contributed by atoms with E-state index in [9.17, 15) is 14.9 Å². The van der Waals surface area contributed by atoms with Gasteiger partial charge in [0, 0.05) is 30.5 Å². The van der Waals surface area contributed by atoms with E-state index in [1.54, 1.807) is 26.5 Å². The molecule has 1 atom stereocenters. The van der Waals surface area contributed by atoms with E-state index in [1.807, 2.05) is 24.3 Å². The molecule has 2 heterocycles. The summed E-state index contributed by atoms with van der Waals surface area (Å²) in [5.41, 5.74) is 3.06. The molecule has 0 radical (unpaired) electrons. The van der Waals surface area contributed by atoms with E-state index in [0.717, 1.165) is 11.1 Å². The number of carbonyl (C=O) groups excluding carboxylic acids is 1. The van der Waals surface area contributed by atoms with Crippen molar-refractivity contribution in [3.8, 4) is 11.5 Å². The number of nitro groups is 1.